The molecule has 5 nitrogen and oxygen atoms in total. The van der Waals surface area contributed by atoms with E-state index in [4.69, 9.17) is 22.1 Å². The van der Waals surface area contributed by atoms with Crippen LogP contribution >= 0.6 is 11.6 Å². The molecule has 0 atom stereocenters. The summed E-state index contributed by atoms with van der Waals surface area (Å²) in [6, 6.07) is 4.19. The Kier molecular flexibility index (Phi) is 4.61. The Balaban J connectivity index is 3.03. The molecular weight excluding hydrogens is 276 g/mol. The first-order chi connectivity index (χ1) is 8.18. The Morgan fingerprint density at radius 3 is 2.56 bits per heavy atom. The lowest BCUT2D eigenvalue weighted by Crippen LogP contribution is -2.46. The first-order valence-electron chi connectivity index (χ1n) is 5.26. The highest BCUT2D eigenvalue weighted by atomic mass is 35.5. The van der Waals surface area contributed by atoms with Crippen LogP contribution in [-0.2, 0) is 14.8 Å². The molecule has 3 N–H and O–H groups in total. The second-order valence-electron chi connectivity index (χ2n) is 4.61. The number of sulfonamides is 1. The molecule has 0 spiro atoms. The SMILES string of the molecule is COCC(C)(C)NS(=O)(=O)c1ccc(Cl)c(N)c1. The fourth-order valence-corrected chi connectivity index (χ4v) is 3.05. The molecule has 0 saturated carbocycles. The van der Waals surface area contributed by atoms with Gasteiger partial charge in [-0.05, 0) is 32.0 Å². The van der Waals surface area contributed by atoms with Gasteiger partial charge < -0.3 is 10.5 Å². The lowest BCUT2D eigenvalue weighted by molar-refractivity contribution is 0.141. The Labute approximate surface area is 112 Å². The van der Waals surface area contributed by atoms with E-state index in [0.29, 0.717) is 5.02 Å². The zero-order chi connectivity index (χ0) is 14.0. The van der Waals surface area contributed by atoms with Crippen LogP contribution in [0.2, 0.25) is 5.02 Å². The lowest BCUT2D eigenvalue weighted by Gasteiger charge is -2.25. The predicted molar refractivity (Wildman–Crippen MR) is 72.1 cm³/mol. The summed E-state index contributed by atoms with van der Waals surface area (Å²) in [5, 5.41) is 0.324. The number of hydrogen-bond acceptors (Lipinski definition) is 4. The zero-order valence-corrected chi connectivity index (χ0v) is 12.1. The summed E-state index contributed by atoms with van der Waals surface area (Å²) in [7, 11) is -2.14. The van der Waals surface area contributed by atoms with Crippen LogP contribution in [0.1, 0.15) is 13.8 Å². The van der Waals surface area contributed by atoms with Crippen molar-refractivity contribution < 1.29 is 13.2 Å². The summed E-state index contributed by atoms with van der Waals surface area (Å²) in [6.07, 6.45) is 0. The highest BCUT2D eigenvalue weighted by Gasteiger charge is 2.26. The fraction of sp³-hybridized carbons (Fsp3) is 0.455. The molecular formula is C11H17ClN2O3S. The Bertz CT molecular complexity index is 529. The molecule has 1 rings (SSSR count). The largest absolute Gasteiger partial charge is 0.397 e. The van der Waals surface area contributed by atoms with Crippen molar-refractivity contribution >= 4 is 27.3 Å². The summed E-state index contributed by atoms with van der Waals surface area (Å²) < 4.78 is 31.7. The van der Waals surface area contributed by atoms with Gasteiger partial charge in [0.05, 0.1) is 27.8 Å². The van der Waals surface area contributed by atoms with Crippen LogP contribution in [0.5, 0.6) is 0 Å². The highest BCUT2D eigenvalue weighted by Crippen LogP contribution is 2.23. The second-order valence-corrected chi connectivity index (χ2v) is 6.70. The lowest BCUT2D eigenvalue weighted by atomic mass is 10.1. The van der Waals surface area contributed by atoms with Gasteiger partial charge in [-0.25, -0.2) is 13.1 Å². The van der Waals surface area contributed by atoms with E-state index in [-0.39, 0.29) is 17.2 Å². The van der Waals surface area contributed by atoms with E-state index >= 15 is 0 Å². The van der Waals surface area contributed by atoms with Crippen LogP contribution in [0.25, 0.3) is 0 Å². The zero-order valence-electron chi connectivity index (χ0n) is 10.5. The quantitative estimate of drug-likeness (QED) is 0.808. The van der Waals surface area contributed by atoms with Gasteiger partial charge in [0.1, 0.15) is 0 Å². The van der Waals surface area contributed by atoms with E-state index in [9.17, 15) is 8.42 Å². The number of ether oxygens (including phenoxy) is 1. The Morgan fingerprint density at radius 1 is 1.44 bits per heavy atom. The number of nitrogen functional groups attached to an aromatic ring is 1. The monoisotopic (exact) mass is 292 g/mol. The molecule has 0 aliphatic rings. The van der Waals surface area contributed by atoms with E-state index in [2.05, 4.69) is 4.72 Å². The van der Waals surface area contributed by atoms with Crippen LogP contribution in [0.4, 0.5) is 5.69 Å². The molecule has 1 aromatic rings. The molecule has 0 saturated heterocycles. The van der Waals surface area contributed by atoms with Gasteiger partial charge in [0.25, 0.3) is 0 Å². The first-order valence-corrected chi connectivity index (χ1v) is 7.12. The van der Waals surface area contributed by atoms with Crippen molar-refractivity contribution in [1.82, 2.24) is 4.72 Å². The van der Waals surface area contributed by atoms with Gasteiger partial charge in [0.15, 0.2) is 0 Å². The van der Waals surface area contributed by atoms with Crippen LogP contribution in [0.15, 0.2) is 23.1 Å². The van der Waals surface area contributed by atoms with Gasteiger partial charge in [0, 0.05) is 7.11 Å². The van der Waals surface area contributed by atoms with Crippen molar-refractivity contribution in [2.24, 2.45) is 0 Å². The maximum Gasteiger partial charge on any atom is 0.241 e. The van der Waals surface area contributed by atoms with Gasteiger partial charge in [-0.15, -0.1) is 0 Å². The molecule has 0 radical (unpaired) electrons. The van der Waals surface area contributed by atoms with Crippen molar-refractivity contribution in [3.8, 4) is 0 Å². The first kappa shape index (κ1) is 15.2. The van der Waals surface area contributed by atoms with E-state index in [1.165, 1.54) is 25.3 Å². The standard InChI is InChI=1S/C11H17ClN2O3S/c1-11(2,7-17-3)14-18(15,16)8-4-5-9(12)10(13)6-8/h4-6,14H,7,13H2,1-3H3. The van der Waals surface area contributed by atoms with Crippen LogP contribution in [0.3, 0.4) is 0 Å². The van der Waals surface area contributed by atoms with E-state index in [0.717, 1.165) is 0 Å². The number of nitrogens with one attached hydrogen (secondary N) is 1. The average molecular weight is 293 g/mol. The third kappa shape index (κ3) is 3.84. The van der Waals surface area contributed by atoms with Crippen molar-refractivity contribution in [1.29, 1.82) is 0 Å². The third-order valence-corrected chi connectivity index (χ3v) is 4.23. The number of halogens is 1. The molecule has 0 fully saturated rings. The van der Waals surface area contributed by atoms with Crippen molar-refractivity contribution in [2.45, 2.75) is 24.3 Å². The van der Waals surface area contributed by atoms with Gasteiger partial charge >= 0.3 is 0 Å². The van der Waals surface area contributed by atoms with Crippen LogP contribution in [0, 0.1) is 0 Å². The number of nitrogens with two attached hydrogens (primary N) is 1. The van der Waals surface area contributed by atoms with E-state index in [1.807, 2.05) is 0 Å². The summed E-state index contributed by atoms with van der Waals surface area (Å²) in [6.45, 7) is 3.72. The van der Waals surface area contributed by atoms with Crippen molar-refractivity contribution in [3.63, 3.8) is 0 Å². The van der Waals surface area contributed by atoms with Gasteiger partial charge in [-0.1, -0.05) is 11.6 Å². The molecule has 0 amide bonds. The fourth-order valence-electron chi connectivity index (χ4n) is 1.50. The minimum atomic E-state index is -3.65. The molecule has 0 aromatic heterocycles. The third-order valence-electron chi connectivity index (χ3n) is 2.19. The highest BCUT2D eigenvalue weighted by molar-refractivity contribution is 7.89. The van der Waals surface area contributed by atoms with Gasteiger partial charge in [0.2, 0.25) is 10.0 Å². The summed E-state index contributed by atoms with van der Waals surface area (Å²) >= 11 is 5.75. The Morgan fingerprint density at radius 2 is 2.06 bits per heavy atom. The number of anilines is 1. The number of rotatable bonds is 5. The maximum atomic E-state index is 12.1. The molecule has 0 aliphatic heterocycles. The second kappa shape index (κ2) is 5.44. The molecule has 1 aromatic carbocycles. The molecule has 0 heterocycles. The van der Waals surface area contributed by atoms with Gasteiger partial charge in [-0.3, -0.25) is 0 Å². The van der Waals surface area contributed by atoms with E-state index < -0.39 is 15.6 Å². The van der Waals surface area contributed by atoms with Crippen molar-refractivity contribution in [2.75, 3.05) is 19.5 Å². The topological polar surface area (TPSA) is 81.4 Å². The van der Waals surface area contributed by atoms with Crippen LogP contribution in [-0.4, -0.2) is 27.7 Å². The maximum absolute atomic E-state index is 12.1. The molecule has 0 bridgehead atoms. The minimum Gasteiger partial charge on any atom is -0.397 e. The van der Waals surface area contributed by atoms with E-state index in [1.54, 1.807) is 13.8 Å². The molecule has 0 aliphatic carbocycles. The number of hydrogen-bond donors (Lipinski definition) is 2. The summed E-state index contributed by atoms with van der Waals surface area (Å²) in [4.78, 5) is 0.0774. The summed E-state index contributed by atoms with van der Waals surface area (Å²) in [5.41, 5.74) is 5.11. The van der Waals surface area contributed by atoms with Crippen molar-refractivity contribution in [3.05, 3.63) is 23.2 Å². The van der Waals surface area contributed by atoms with Crippen LogP contribution < -0.4 is 10.5 Å². The Hall–Kier alpha value is -0.820. The predicted octanol–water partition coefficient (Wildman–Crippen LogP) is 1.63. The molecule has 18 heavy (non-hydrogen) atoms. The molecule has 0 unspecified atom stereocenters. The summed E-state index contributed by atoms with van der Waals surface area (Å²) in [5.74, 6) is 0. The number of methoxy groups -OCH3 is 1. The number of benzene rings is 1. The molecule has 7 heteroatoms. The normalized spacial score (nSPS) is 12.7. The molecule has 102 valence electrons. The average Bonchev–Trinajstić information content (AvgIpc) is 2.20. The smallest absolute Gasteiger partial charge is 0.241 e. The van der Waals surface area contributed by atoms with Gasteiger partial charge in [-0.2, -0.15) is 0 Å². The minimum absolute atomic E-state index is 0.0774.